The summed E-state index contributed by atoms with van der Waals surface area (Å²) >= 11 is 0. The number of carbonyl (C=O) groups is 2. The van der Waals surface area contributed by atoms with Gasteiger partial charge in [0, 0.05) is 17.4 Å². The summed E-state index contributed by atoms with van der Waals surface area (Å²) in [7, 11) is 1.53. The van der Waals surface area contributed by atoms with Crippen LogP contribution < -0.4 is 4.74 Å². The molecular formula is C31H28N2O5. The van der Waals surface area contributed by atoms with E-state index in [1.165, 1.54) is 29.4 Å². The van der Waals surface area contributed by atoms with Gasteiger partial charge in [-0.15, -0.1) is 0 Å². The van der Waals surface area contributed by atoms with Crippen molar-refractivity contribution in [1.29, 1.82) is 5.26 Å². The molecule has 2 fully saturated rings. The zero-order valence-corrected chi connectivity index (χ0v) is 21.1. The second-order valence-corrected chi connectivity index (χ2v) is 10.1. The summed E-state index contributed by atoms with van der Waals surface area (Å²) in [6, 6.07) is 23.0. The first-order valence-electron chi connectivity index (χ1n) is 12.9. The Morgan fingerprint density at radius 3 is 2.21 bits per heavy atom. The number of nitriles is 1. The summed E-state index contributed by atoms with van der Waals surface area (Å²) < 4.78 is 17.0. The van der Waals surface area contributed by atoms with Crippen molar-refractivity contribution in [3.05, 3.63) is 89.0 Å². The van der Waals surface area contributed by atoms with Gasteiger partial charge in [0.25, 0.3) is 0 Å². The molecule has 2 atom stereocenters. The number of hydrogen-bond acceptors (Lipinski definition) is 6. The Labute approximate surface area is 221 Å². The van der Waals surface area contributed by atoms with E-state index in [-0.39, 0.29) is 42.4 Å². The second kappa shape index (κ2) is 9.96. The van der Waals surface area contributed by atoms with Gasteiger partial charge in [0.2, 0.25) is 0 Å². The number of piperidine rings is 1. The summed E-state index contributed by atoms with van der Waals surface area (Å²) in [6.45, 7) is 0.961. The van der Waals surface area contributed by atoms with E-state index in [2.05, 4.69) is 30.3 Å². The number of hydrogen-bond donors (Lipinski definition) is 0. The van der Waals surface area contributed by atoms with Gasteiger partial charge in [0.05, 0.1) is 44.0 Å². The normalized spacial score (nSPS) is 21.7. The molecule has 0 saturated carbocycles. The van der Waals surface area contributed by atoms with Crippen molar-refractivity contribution in [1.82, 2.24) is 4.90 Å². The molecule has 2 saturated heterocycles. The molecule has 38 heavy (non-hydrogen) atoms. The standard InChI is InChI=1S/C31H28N2O5/c1-36-23-11-10-19(15-32)28(14-23)30(34)20-12-21-16-37-17-22(13-20)33(21)31(35)38-18-29-26-8-4-2-6-24(26)25-7-3-5-9-27(25)29/h2-11,14,20-22,29H,12-13,16-18H2,1H3. The Balaban J connectivity index is 1.18. The van der Waals surface area contributed by atoms with Crippen LogP contribution in [0.25, 0.3) is 11.1 Å². The Morgan fingerprint density at radius 2 is 1.61 bits per heavy atom. The Kier molecular flexibility index (Phi) is 6.34. The zero-order chi connectivity index (χ0) is 26.2. The number of fused-ring (bicyclic) bond motifs is 5. The number of benzene rings is 3. The highest BCUT2D eigenvalue weighted by molar-refractivity contribution is 6.00. The van der Waals surface area contributed by atoms with Gasteiger partial charge in [-0.25, -0.2) is 4.79 Å². The summed E-state index contributed by atoms with van der Waals surface area (Å²) in [5.41, 5.74) is 5.40. The van der Waals surface area contributed by atoms with Gasteiger partial charge in [0.15, 0.2) is 5.78 Å². The first-order chi connectivity index (χ1) is 18.6. The average Bonchev–Trinajstić information content (AvgIpc) is 3.28. The van der Waals surface area contributed by atoms with E-state index in [0.717, 1.165) is 0 Å². The molecule has 3 aliphatic rings. The smallest absolute Gasteiger partial charge is 0.410 e. The molecule has 2 bridgehead atoms. The van der Waals surface area contributed by atoms with Gasteiger partial charge in [-0.05, 0) is 53.3 Å². The molecule has 3 aromatic carbocycles. The van der Waals surface area contributed by atoms with Crippen LogP contribution in [0, 0.1) is 17.2 Å². The van der Waals surface area contributed by atoms with Gasteiger partial charge in [-0.3, -0.25) is 9.69 Å². The van der Waals surface area contributed by atoms with E-state index in [0.29, 0.717) is 42.9 Å². The quantitative estimate of drug-likeness (QED) is 0.442. The van der Waals surface area contributed by atoms with Crippen molar-refractivity contribution in [3.63, 3.8) is 0 Å². The minimum absolute atomic E-state index is 0.0148. The van der Waals surface area contributed by atoms with Gasteiger partial charge in [0.1, 0.15) is 12.4 Å². The third kappa shape index (κ3) is 4.11. The summed E-state index contributed by atoms with van der Waals surface area (Å²) in [5.74, 6) is 0.112. The lowest BCUT2D eigenvalue weighted by molar-refractivity contribution is -0.0747. The minimum Gasteiger partial charge on any atom is -0.497 e. The second-order valence-electron chi connectivity index (χ2n) is 10.1. The summed E-state index contributed by atoms with van der Waals surface area (Å²) in [5, 5.41) is 9.54. The fourth-order valence-corrected chi connectivity index (χ4v) is 6.27. The van der Waals surface area contributed by atoms with Gasteiger partial charge >= 0.3 is 6.09 Å². The molecule has 0 N–H and O–H groups in total. The fourth-order valence-electron chi connectivity index (χ4n) is 6.27. The molecule has 192 valence electrons. The molecule has 0 spiro atoms. The van der Waals surface area contributed by atoms with Crippen LogP contribution in [-0.4, -0.2) is 55.8 Å². The lowest BCUT2D eigenvalue weighted by Gasteiger charge is -2.47. The first-order valence-corrected chi connectivity index (χ1v) is 12.9. The molecule has 2 unspecified atom stereocenters. The van der Waals surface area contributed by atoms with Crippen molar-refractivity contribution in [2.24, 2.45) is 5.92 Å². The van der Waals surface area contributed by atoms with Crippen molar-refractivity contribution < 1.29 is 23.8 Å². The van der Waals surface area contributed by atoms with Gasteiger partial charge in [-0.1, -0.05) is 48.5 Å². The molecule has 7 heteroatoms. The van der Waals surface area contributed by atoms with E-state index >= 15 is 0 Å². The van der Waals surface area contributed by atoms with Crippen LogP contribution in [0.5, 0.6) is 5.75 Å². The molecule has 3 aromatic rings. The molecule has 7 nitrogen and oxygen atoms in total. The molecule has 0 aromatic heterocycles. The van der Waals surface area contributed by atoms with Crippen LogP contribution in [0.3, 0.4) is 0 Å². The van der Waals surface area contributed by atoms with Crippen LogP contribution in [0.15, 0.2) is 66.7 Å². The van der Waals surface area contributed by atoms with Crippen molar-refractivity contribution in [2.45, 2.75) is 30.8 Å². The number of carbonyl (C=O) groups excluding carboxylic acids is 2. The Hall–Kier alpha value is -4.15. The zero-order valence-electron chi connectivity index (χ0n) is 21.1. The molecule has 1 aliphatic carbocycles. The molecule has 2 aliphatic heterocycles. The minimum atomic E-state index is -0.366. The van der Waals surface area contributed by atoms with Crippen molar-refractivity contribution >= 4 is 11.9 Å². The summed E-state index contributed by atoms with van der Waals surface area (Å²) in [4.78, 5) is 28.7. The molecular weight excluding hydrogens is 480 g/mol. The highest BCUT2D eigenvalue weighted by Gasteiger charge is 2.45. The Bertz CT molecular complexity index is 1380. The van der Waals surface area contributed by atoms with Crippen molar-refractivity contribution in [3.8, 4) is 22.9 Å². The lowest BCUT2D eigenvalue weighted by Crippen LogP contribution is -2.60. The molecule has 1 amide bonds. The largest absolute Gasteiger partial charge is 0.497 e. The van der Waals surface area contributed by atoms with Crippen LogP contribution in [0.4, 0.5) is 4.79 Å². The SMILES string of the molecule is COc1ccc(C#N)c(C(=O)C2CC3COCC(C2)N3C(=O)OCC2c3ccccc3-c3ccccc32)c1. The van der Waals surface area contributed by atoms with E-state index in [4.69, 9.17) is 14.2 Å². The van der Waals surface area contributed by atoms with E-state index in [1.54, 1.807) is 23.1 Å². The van der Waals surface area contributed by atoms with Gasteiger partial charge < -0.3 is 14.2 Å². The third-order valence-electron chi connectivity index (χ3n) is 8.05. The van der Waals surface area contributed by atoms with Crippen molar-refractivity contribution in [2.75, 3.05) is 26.9 Å². The Morgan fingerprint density at radius 1 is 0.974 bits per heavy atom. The fraction of sp³-hybridized carbons (Fsp3) is 0.323. The lowest BCUT2D eigenvalue weighted by atomic mass is 9.80. The maximum Gasteiger partial charge on any atom is 0.410 e. The highest BCUT2D eigenvalue weighted by Crippen LogP contribution is 2.45. The van der Waals surface area contributed by atoms with Gasteiger partial charge in [-0.2, -0.15) is 5.26 Å². The predicted molar refractivity (Wildman–Crippen MR) is 140 cm³/mol. The van der Waals surface area contributed by atoms with E-state index in [9.17, 15) is 14.9 Å². The number of amides is 1. The van der Waals surface area contributed by atoms with Crippen LogP contribution >= 0.6 is 0 Å². The molecule has 2 heterocycles. The first kappa shape index (κ1) is 24.2. The van der Waals surface area contributed by atoms with E-state index in [1.807, 2.05) is 24.3 Å². The van der Waals surface area contributed by atoms with Crippen LogP contribution in [0.2, 0.25) is 0 Å². The topological polar surface area (TPSA) is 88.9 Å². The number of methoxy groups -OCH3 is 1. The molecule has 6 rings (SSSR count). The highest BCUT2D eigenvalue weighted by atomic mass is 16.6. The third-order valence-corrected chi connectivity index (χ3v) is 8.05. The molecule has 0 radical (unpaired) electrons. The van der Waals surface area contributed by atoms with Crippen LogP contribution in [-0.2, 0) is 9.47 Å². The maximum atomic E-state index is 13.5. The van der Waals surface area contributed by atoms with Crippen LogP contribution in [0.1, 0.15) is 45.8 Å². The number of nitrogens with zero attached hydrogens (tertiary/aromatic N) is 2. The monoisotopic (exact) mass is 508 g/mol. The maximum absolute atomic E-state index is 13.5. The summed E-state index contributed by atoms with van der Waals surface area (Å²) in [6.07, 6.45) is 0.554. The number of ketones is 1. The average molecular weight is 509 g/mol. The number of morpholine rings is 1. The number of ether oxygens (including phenoxy) is 3. The number of rotatable bonds is 5. The predicted octanol–water partition coefficient (Wildman–Crippen LogP) is 5.18. The van der Waals surface area contributed by atoms with E-state index < -0.39 is 0 Å². The number of Topliss-reactive ketones (excluding diaryl/α,β-unsaturated/α-hetero) is 1.